The van der Waals surface area contributed by atoms with Crippen LogP contribution in [-0.2, 0) is 6.42 Å². The second-order valence-electron chi connectivity index (χ2n) is 3.69. The van der Waals surface area contributed by atoms with Crippen molar-refractivity contribution in [2.24, 2.45) is 5.73 Å². The summed E-state index contributed by atoms with van der Waals surface area (Å²) < 4.78 is 0. The minimum atomic E-state index is -0.0748. The highest BCUT2D eigenvalue weighted by molar-refractivity contribution is 5.83. The van der Waals surface area contributed by atoms with Gasteiger partial charge in [-0.15, -0.1) is 0 Å². The van der Waals surface area contributed by atoms with Gasteiger partial charge in [-0.3, -0.25) is 0 Å². The van der Waals surface area contributed by atoms with Crippen molar-refractivity contribution in [3.8, 4) is 6.07 Å². The third-order valence-corrected chi connectivity index (χ3v) is 2.51. The maximum absolute atomic E-state index is 8.54. The first kappa shape index (κ1) is 9.75. The van der Waals surface area contributed by atoms with Gasteiger partial charge in [0.05, 0.1) is 12.5 Å². The highest BCUT2D eigenvalue weighted by Crippen LogP contribution is 2.18. The van der Waals surface area contributed by atoms with Gasteiger partial charge in [-0.05, 0) is 18.1 Å². The SMILES string of the molecule is N#CC[C@H](N)Cc1c[nH]c2ccccc12. The fraction of sp³-hybridized carbons (Fsp3) is 0.250. The second-order valence-corrected chi connectivity index (χ2v) is 3.69. The van der Waals surface area contributed by atoms with E-state index in [0.29, 0.717) is 6.42 Å². The summed E-state index contributed by atoms with van der Waals surface area (Å²) in [6.07, 6.45) is 3.12. The molecule has 0 amide bonds. The van der Waals surface area contributed by atoms with Gasteiger partial charge in [0.25, 0.3) is 0 Å². The zero-order chi connectivity index (χ0) is 10.7. The number of hydrogen-bond donors (Lipinski definition) is 2. The van der Waals surface area contributed by atoms with Gasteiger partial charge in [0.2, 0.25) is 0 Å². The van der Waals surface area contributed by atoms with Gasteiger partial charge >= 0.3 is 0 Å². The third-order valence-electron chi connectivity index (χ3n) is 2.51. The van der Waals surface area contributed by atoms with Crippen LogP contribution in [0.4, 0.5) is 0 Å². The Morgan fingerprint density at radius 3 is 3.00 bits per heavy atom. The molecule has 1 heterocycles. The van der Waals surface area contributed by atoms with E-state index in [4.69, 9.17) is 11.0 Å². The summed E-state index contributed by atoms with van der Waals surface area (Å²) in [6, 6.07) is 10.1. The Morgan fingerprint density at radius 2 is 2.20 bits per heavy atom. The number of nitrogens with one attached hydrogen (secondary N) is 1. The van der Waals surface area contributed by atoms with E-state index in [-0.39, 0.29) is 6.04 Å². The van der Waals surface area contributed by atoms with Crippen molar-refractivity contribution in [2.45, 2.75) is 18.9 Å². The molecule has 0 aliphatic heterocycles. The zero-order valence-corrected chi connectivity index (χ0v) is 8.40. The van der Waals surface area contributed by atoms with Gasteiger partial charge in [0.15, 0.2) is 0 Å². The summed E-state index contributed by atoms with van der Waals surface area (Å²) in [5.41, 5.74) is 8.14. The first-order valence-corrected chi connectivity index (χ1v) is 4.99. The summed E-state index contributed by atoms with van der Waals surface area (Å²) in [5, 5.41) is 9.74. The molecule has 76 valence electrons. The molecule has 0 spiro atoms. The number of fused-ring (bicyclic) bond motifs is 1. The molecule has 3 heteroatoms. The van der Waals surface area contributed by atoms with E-state index < -0.39 is 0 Å². The first-order chi connectivity index (χ1) is 7.31. The minimum absolute atomic E-state index is 0.0748. The van der Waals surface area contributed by atoms with E-state index in [9.17, 15) is 0 Å². The molecule has 15 heavy (non-hydrogen) atoms. The number of aromatic amines is 1. The van der Waals surface area contributed by atoms with E-state index >= 15 is 0 Å². The van der Waals surface area contributed by atoms with E-state index in [1.54, 1.807) is 0 Å². The maximum Gasteiger partial charge on any atom is 0.0638 e. The number of nitrogens with two attached hydrogens (primary N) is 1. The maximum atomic E-state index is 8.54. The van der Waals surface area contributed by atoms with Crippen molar-refractivity contribution in [1.29, 1.82) is 5.26 Å². The van der Waals surface area contributed by atoms with Crippen LogP contribution in [0.5, 0.6) is 0 Å². The second kappa shape index (κ2) is 4.16. The Kier molecular flexibility index (Phi) is 2.70. The van der Waals surface area contributed by atoms with E-state index in [0.717, 1.165) is 11.9 Å². The lowest BCUT2D eigenvalue weighted by molar-refractivity contribution is 0.688. The van der Waals surface area contributed by atoms with Crippen LogP contribution in [0.25, 0.3) is 10.9 Å². The van der Waals surface area contributed by atoms with Crippen molar-refractivity contribution < 1.29 is 0 Å². The lowest BCUT2D eigenvalue weighted by atomic mass is 10.0. The minimum Gasteiger partial charge on any atom is -0.361 e. The Hall–Kier alpha value is -1.79. The Morgan fingerprint density at radius 1 is 1.40 bits per heavy atom. The normalized spacial score (nSPS) is 12.5. The van der Waals surface area contributed by atoms with Crippen molar-refractivity contribution >= 4 is 10.9 Å². The molecule has 0 saturated carbocycles. The highest BCUT2D eigenvalue weighted by Gasteiger charge is 2.07. The standard InChI is InChI=1S/C12H13N3/c13-6-5-10(14)7-9-8-15-12-4-2-1-3-11(9)12/h1-4,8,10,15H,5,7,14H2/t10-/m0/s1. The third kappa shape index (κ3) is 2.00. The van der Waals surface area contributed by atoms with Gasteiger partial charge in [0, 0.05) is 23.1 Å². The molecule has 2 aromatic rings. The van der Waals surface area contributed by atoms with Gasteiger partial charge < -0.3 is 10.7 Å². The Bertz CT molecular complexity index is 493. The van der Waals surface area contributed by atoms with E-state index in [1.165, 1.54) is 10.9 Å². The van der Waals surface area contributed by atoms with Crippen LogP contribution in [0.1, 0.15) is 12.0 Å². The summed E-state index contributed by atoms with van der Waals surface area (Å²) in [6.45, 7) is 0. The largest absolute Gasteiger partial charge is 0.361 e. The topological polar surface area (TPSA) is 65.6 Å². The molecule has 0 unspecified atom stereocenters. The first-order valence-electron chi connectivity index (χ1n) is 4.99. The van der Waals surface area contributed by atoms with Crippen molar-refractivity contribution in [2.75, 3.05) is 0 Å². The van der Waals surface area contributed by atoms with E-state index in [1.807, 2.05) is 24.4 Å². The zero-order valence-electron chi connectivity index (χ0n) is 8.40. The van der Waals surface area contributed by atoms with Crippen molar-refractivity contribution in [3.63, 3.8) is 0 Å². The number of rotatable bonds is 3. The smallest absolute Gasteiger partial charge is 0.0638 e. The van der Waals surface area contributed by atoms with Crippen LogP contribution in [0.15, 0.2) is 30.5 Å². The number of aromatic nitrogens is 1. The Balaban J connectivity index is 2.25. The predicted octanol–water partition coefficient (Wildman–Crippen LogP) is 1.95. The molecule has 0 saturated heterocycles. The number of nitriles is 1. The van der Waals surface area contributed by atoms with E-state index in [2.05, 4.69) is 17.1 Å². The number of hydrogen-bond acceptors (Lipinski definition) is 2. The van der Waals surface area contributed by atoms with Crippen LogP contribution in [-0.4, -0.2) is 11.0 Å². The molecule has 0 aliphatic carbocycles. The molecule has 1 aromatic carbocycles. The quantitative estimate of drug-likeness (QED) is 0.793. The molecular formula is C12H13N3. The summed E-state index contributed by atoms with van der Waals surface area (Å²) >= 11 is 0. The number of H-pyrrole nitrogens is 1. The molecule has 1 aromatic heterocycles. The predicted molar refractivity (Wildman–Crippen MR) is 60.2 cm³/mol. The molecule has 3 N–H and O–H groups in total. The van der Waals surface area contributed by atoms with Gasteiger partial charge in [-0.25, -0.2) is 0 Å². The Labute approximate surface area is 88.5 Å². The van der Waals surface area contributed by atoms with Crippen LogP contribution in [0.2, 0.25) is 0 Å². The van der Waals surface area contributed by atoms with Gasteiger partial charge in [-0.1, -0.05) is 18.2 Å². The highest BCUT2D eigenvalue weighted by atomic mass is 14.7. The molecular weight excluding hydrogens is 186 g/mol. The number of nitrogens with zero attached hydrogens (tertiary/aromatic N) is 1. The summed E-state index contributed by atoms with van der Waals surface area (Å²) in [5.74, 6) is 0. The van der Waals surface area contributed by atoms with Crippen LogP contribution in [0, 0.1) is 11.3 Å². The molecule has 0 aliphatic rings. The molecule has 2 rings (SSSR count). The van der Waals surface area contributed by atoms with Crippen molar-refractivity contribution in [1.82, 2.24) is 4.98 Å². The van der Waals surface area contributed by atoms with Crippen LogP contribution in [0.3, 0.4) is 0 Å². The van der Waals surface area contributed by atoms with Crippen LogP contribution < -0.4 is 5.73 Å². The molecule has 1 atom stereocenters. The van der Waals surface area contributed by atoms with Crippen molar-refractivity contribution in [3.05, 3.63) is 36.0 Å². The molecule has 0 radical (unpaired) electrons. The number of benzene rings is 1. The molecule has 0 bridgehead atoms. The summed E-state index contributed by atoms with van der Waals surface area (Å²) in [7, 11) is 0. The van der Waals surface area contributed by atoms with Gasteiger partial charge in [-0.2, -0.15) is 5.26 Å². The summed E-state index contributed by atoms with van der Waals surface area (Å²) in [4.78, 5) is 3.20. The lowest BCUT2D eigenvalue weighted by Crippen LogP contribution is -2.21. The average Bonchev–Trinajstić information content (AvgIpc) is 2.62. The van der Waals surface area contributed by atoms with Gasteiger partial charge in [0.1, 0.15) is 0 Å². The fourth-order valence-electron chi connectivity index (χ4n) is 1.77. The van der Waals surface area contributed by atoms with Crippen LogP contribution >= 0.6 is 0 Å². The lowest BCUT2D eigenvalue weighted by Gasteiger charge is -2.05. The molecule has 0 fully saturated rings. The fourth-order valence-corrected chi connectivity index (χ4v) is 1.77. The average molecular weight is 199 g/mol. The number of para-hydroxylation sites is 1. The molecule has 3 nitrogen and oxygen atoms in total. The monoisotopic (exact) mass is 199 g/mol.